The molecule has 0 radical (unpaired) electrons. The molecule has 0 saturated heterocycles. The van der Waals surface area contributed by atoms with Crippen molar-refractivity contribution in [1.29, 1.82) is 0 Å². The highest BCUT2D eigenvalue weighted by atomic mass is 16.4. The minimum atomic E-state index is -1.31. The minimum Gasteiger partial charge on any atom is -0.480 e. The van der Waals surface area contributed by atoms with E-state index >= 15 is 0 Å². The summed E-state index contributed by atoms with van der Waals surface area (Å²) < 4.78 is 0. The molecule has 0 spiro atoms. The predicted molar refractivity (Wildman–Crippen MR) is 43.6 cm³/mol. The van der Waals surface area contributed by atoms with E-state index in [-0.39, 0.29) is 0 Å². The van der Waals surface area contributed by atoms with E-state index in [2.05, 4.69) is 6.58 Å². The van der Waals surface area contributed by atoms with Crippen molar-refractivity contribution in [2.75, 3.05) is 0 Å². The van der Waals surface area contributed by atoms with Crippen LogP contribution in [0.1, 0.15) is 6.42 Å². The third kappa shape index (κ3) is 4.57. The quantitative estimate of drug-likeness (QED) is 0.459. The third-order valence-corrected chi connectivity index (χ3v) is 1.21. The highest BCUT2D eigenvalue weighted by molar-refractivity contribution is 5.92. The van der Waals surface area contributed by atoms with Gasteiger partial charge in [0.15, 0.2) is 0 Å². The van der Waals surface area contributed by atoms with Gasteiger partial charge in [-0.15, -0.1) is 0 Å². The molecule has 0 saturated carbocycles. The molecular weight excluding hydrogens is 176 g/mol. The van der Waals surface area contributed by atoms with Crippen LogP contribution in [0.5, 0.6) is 0 Å². The number of carbonyl (C=O) groups is 3. The van der Waals surface area contributed by atoms with Gasteiger partial charge in [-0.3, -0.25) is 9.59 Å². The monoisotopic (exact) mass is 186 g/mol. The molecule has 0 fully saturated rings. The average molecular weight is 186 g/mol. The number of nitrogens with two attached hydrogens (primary N) is 1. The molecule has 0 aromatic heterocycles. The molecule has 72 valence electrons. The smallest absolute Gasteiger partial charge is 0.326 e. The van der Waals surface area contributed by atoms with Crippen LogP contribution in [0, 0.1) is 0 Å². The maximum Gasteiger partial charge on any atom is 0.326 e. The van der Waals surface area contributed by atoms with Crippen LogP contribution in [0.3, 0.4) is 0 Å². The lowest BCUT2D eigenvalue weighted by atomic mass is 10.2. The first-order valence-corrected chi connectivity index (χ1v) is 3.41. The van der Waals surface area contributed by atoms with Crippen molar-refractivity contribution in [3.05, 3.63) is 12.7 Å². The Kier molecular flexibility index (Phi) is 4.21. The van der Waals surface area contributed by atoms with E-state index in [0.717, 1.165) is 6.08 Å². The molecule has 0 aliphatic heterocycles. The molecule has 2 amide bonds. The summed E-state index contributed by atoms with van der Waals surface area (Å²) in [5.41, 5.74) is 4.77. The maximum atomic E-state index is 10.7. The van der Waals surface area contributed by atoms with E-state index in [1.807, 2.05) is 5.32 Å². The average Bonchev–Trinajstić information content (AvgIpc) is 2.02. The Morgan fingerprint density at radius 2 is 2.08 bits per heavy atom. The Hall–Kier alpha value is -1.85. The summed E-state index contributed by atoms with van der Waals surface area (Å²) in [5, 5.41) is 10.5. The fraction of sp³-hybridized carbons (Fsp3) is 0.286. The van der Waals surface area contributed by atoms with Crippen LogP contribution >= 0.6 is 0 Å². The van der Waals surface area contributed by atoms with Crippen molar-refractivity contribution >= 4 is 17.8 Å². The lowest BCUT2D eigenvalue weighted by Crippen LogP contribution is -2.42. The minimum absolute atomic E-state index is 0.436. The molecule has 4 N–H and O–H groups in total. The van der Waals surface area contributed by atoms with Crippen molar-refractivity contribution in [2.45, 2.75) is 12.5 Å². The number of aliphatic carboxylic acids is 1. The van der Waals surface area contributed by atoms with E-state index < -0.39 is 30.2 Å². The number of nitrogens with one attached hydrogen (secondary N) is 1. The van der Waals surface area contributed by atoms with E-state index in [9.17, 15) is 14.4 Å². The molecule has 0 aliphatic carbocycles. The summed E-state index contributed by atoms with van der Waals surface area (Å²) in [5.74, 6) is -2.76. The topological polar surface area (TPSA) is 109 Å². The van der Waals surface area contributed by atoms with E-state index in [1.54, 1.807) is 0 Å². The van der Waals surface area contributed by atoms with Gasteiger partial charge in [-0.1, -0.05) is 6.58 Å². The number of primary amides is 1. The van der Waals surface area contributed by atoms with Gasteiger partial charge in [-0.05, 0) is 6.08 Å². The summed E-state index contributed by atoms with van der Waals surface area (Å²) in [6.07, 6.45) is 0.478. The largest absolute Gasteiger partial charge is 0.480 e. The van der Waals surface area contributed by atoms with Gasteiger partial charge in [0.25, 0.3) is 0 Å². The number of hydrogen-bond acceptors (Lipinski definition) is 3. The molecule has 0 aromatic rings. The summed E-state index contributed by atoms with van der Waals surface area (Å²) in [6.45, 7) is 3.13. The molecule has 0 unspecified atom stereocenters. The Morgan fingerprint density at radius 3 is 2.38 bits per heavy atom. The van der Waals surface area contributed by atoms with Crippen molar-refractivity contribution < 1.29 is 19.5 Å². The van der Waals surface area contributed by atoms with Gasteiger partial charge in [-0.2, -0.15) is 0 Å². The molecule has 0 aromatic carbocycles. The second-order valence-electron chi connectivity index (χ2n) is 2.27. The summed E-state index contributed by atoms with van der Waals surface area (Å²) in [7, 11) is 0. The molecule has 1 atom stereocenters. The number of carboxylic acids is 1. The predicted octanol–water partition coefficient (Wildman–Crippen LogP) is -1.38. The highest BCUT2D eigenvalue weighted by Gasteiger charge is 2.20. The van der Waals surface area contributed by atoms with Gasteiger partial charge in [0.05, 0.1) is 6.42 Å². The van der Waals surface area contributed by atoms with Gasteiger partial charge in [-0.25, -0.2) is 4.79 Å². The van der Waals surface area contributed by atoms with Crippen molar-refractivity contribution in [3.63, 3.8) is 0 Å². The zero-order chi connectivity index (χ0) is 10.4. The summed E-state index contributed by atoms with van der Waals surface area (Å²) in [4.78, 5) is 31.5. The number of carbonyl (C=O) groups excluding carboxylic acids is 2. The molecule has 0 aliphatic rings. The van der Waals surface area contributed by atoms with E-state index in [0.29, 0.717) is 0 Å². The second-order valence-corrected chi connectivity index (χ2v) is 2.27. The van der Waals surface area contributed by atoms with Gasteiger partial charge < -0.3 is 16.2 Å². The number of hydrogen-bond donors (Lipinski definition) is 3. The van der Waals surface area contributed by atoms with Crippen molar-refractivity contribution in [2.24, 2.45) is 5.73 Å². The molecule has 6 heteroatoms. The molecule has 6 nitrogen and oxygen atoms in total. The number of rotatable bonds is 5. The molecule has 0 bridgehead atoms. The first-order valence-electron chi connectivity index (χ1n) is 3.41. The Labute approximate surface area is 74.4 Å². The molecule has 0 heterocycles. The number of carboxylic acid groups (broad SMARTS) is 1. The van der Waals surface area contributed by atoms with Crippen LogP contribution in [0.2, 0.25) is 0 Å². The highest BCUT2D eigenvalue weighted by Crippen LogP contribution is 1.91. The van der Waals surface area contributed by atoms with Gasteiger partial charge >= 0.3 is 5.97 Å². The third-order valence-electron chi connectivity index (χ3n) is 1.21. The van der Waals surface area contributed by atoms with Crippen LogP contribution in [-0.2, 0) is 14.4 Å². The zero-order valence-electron chi connectivity index (χ0n) is 6.82. The summed E-state index contributed by atoms with van der Waals surface area (Å²) >= 11 is 0. The van der Waals surface area contributed by atoms with Crippen LogP contribution < -0.4 is 11.1 Å². The molecular formula is C7H10N2O4. The van der Waals surface area contributed by atoms with Gasteiger partial charge in [0.2, 0.25) is 11.8 Å². The van der Waals surface area contributed by atoms with Crippen LogP contribution in [0.25, 0.3) is 0 Å². The molecule has 13 heavy (non-hydrogen) atoms. The fourth-order valence-electron chi connectivity index (χ4n) is 0.632. The van der Waals surface area contributed by atoms with E-state index in [4.69, 9.17) is 10.8 Å². The van der Waals surface area contributed by atoms with Gasteiger partial charge in [0.1, 0.15) is 6.04 Å². The SMILES string of the molecule is C=CC(=O)N[C@H](CC(N)=O)C(=O)O. The first-order chi connectivity index (χ1) is 5.97. The maximum absolute atomic E-state index is 10.7. The second kappa shape index (κ2) is 4.91. The Balaban J connectivity index is 4.26. The lowest BCUT2D eigenvalue weighted by molar-refractivity contribution is -0.142. The molecule has 0 rings (SSSR count). The van der Waals surface area contributed by atoms with Crippen molar-refractivity contribution in [1.82, 2.24) is 5.32 Å². The first kappa shape index (κ1) is 11.2. The zero-order valence-corrected chi connectivity index (χ0v) is 6.82. The van der Waals surface area contributed by atoms with Crippen LogP contribution in [0.15, 0.2) is 12.7 Å². The van der Waals surface area contributed by atoms with E-state index in [1.165, 1.54) is 0 Å². The normalized spacial score (nSPS) is 11.4. The Bertz CT molecular complexity index is 249. The van der Waals surface area contributed by atoms with Crippen LogP contribution in [-0.4, -0.2) is 28.9 Å². The van der Waals surface area contributed by atoms with Crippen LogP contribution in [0.4, 0.5) is 0 Å². The van der Waals surface area contributed by atoms with Gasteiger partial charge in [0, 0.05) is 0 Å². The lowest BCUT2D eigenvalue weighted by Gasteiger charge is -2.10. The number of amides is 2. The summed E-state index contributed by atoms with van der Waals surface area (Å²) in [6, 6.07) is -1.29. The fourth-order valence-corrected chi connectivity index (χ4v) is 0.632. The Morgan fingerprint density at radius 1 is 1.54 bits per heavy atom. The standard InChI is InChI=1S/C7H10N2O4/c1-2-6(11)9-4(7(12)13)3-5(8)10/h2,4H,1,3H2,(H2,8,10)(H,9,11)(H,12,13)/t4-/m1/s1. The van der Waals surface area contributed by atoms with Crippen molar-refractivity contribution in [3.8, 4) is 0 Å².